The molecule has 1 amide bonds. The number of carbonyl (C=O) groups is 1. The van der Waals surface area contributed by atoms with Crippen molar-refractivity contribution in [2.45, 2.75) is 32.7 Å². The molecular formula is C9H15N5O2. The topological polar surface area (TPSA) is 73.0 Å². The van der Waals surface area contributed by atoms with Gasteiger partial charge in [0.2, 0.25) is 0 Å². The summed E-state index contributed by atoms with van der Waals surface area (Å²) in [5.74, 6) is 0. The first-order valence-electron chi connectivity index (χ1n) is 5.52. The third kappa shape index (κ3) is 1.72. The van der Waals surface area contributed by atoms with Crippen molar-refractivity contribution in [3.05, 3.63) is 10.5 Å². The zero-order chi connectivity index (χ0) is 11.7. The van der Waals surface area contributed by atoms with Crippen molar-refractivity contribution in [1.82, 2.24) is 24.7 Å². The molecule has 0 aromatic carbocycles. The molecule has 1 fully saturated rings. The molecule has 1 saturated carbocycles. The molecule has 7 heteroatoms. The van der Waals surface area contributed by atoms with Gasteiger partial charge in [0.25, 0.3) is 0 Å². The van der Waals surface area contributed by atoms with E-state index in [1.807, 2.05) is 13.8 Å². The Kier molecular flexibility index (Phi) is 2.76. The lowest BCUT2D eigenvalue weighted by Crippen LogP contribution is -2.40. The fourth-order valence-electron chi connectivity index (χ4n) is 1.55. The van der Waals surface area contributed by atoms with Gasteiger partial charge in [-0.3, -0.25) is 0 Å². The van der Waals surface area contributed by atoms with E-state index in [1.54, 1.807) is 0 Å². The van der Waals surface area contributed by atoms with Crippen molar-refractivity contribution < 1.29 is 4.79 Å². The molecular weight excluding hydrogens is 210 g/mol. The van der Waals surface area contributed by atoms with E-state index in [0.29, 0.717) is 13.1 Å². The molecule has 0 saturated heterocycles. The predicted molar refractivity (Wildman–Crippen MR) is 56.3 cm³/mol. The van der Waals surface area contributed by atoms with Crippen LogP contribution in [0.1, 0.15) is 32.7 Å². The average molecular weight is 225 g/mol. The van der Waals surface area contributed by atoms with Gasteiger partial charge in [-0.15, -0.1) is 4.68 Å². The molecule has 1 aromatic rings. The summed E-state index contributed by atoms with van der Waals surface area (Å²) >= 11 is 0. The minimum absolute atomic E-state index is 0.144. The van der Waals surface area contributed by atoms with E-state index in [-0.39, 0.29) is 6.04 Å². The SMILES string of the molecule is CCN(CC)C(=O)n1nnn(C2CC2)c1=O. The van der Waals surface area contributed by atoms with Crippen LogP contribution in [-0.2, 0) is 0 Å². The van der Waals surface area contributed by atoms with Gasteiger partial charge in [-0.05, 0) is 37.1 Å². The van der Waals surface area contributed by atoms with Crippen LogP contribution in [0, 0.1) is 0 Å². The first kappa shape index (κ1) is 10.8. The number of amides is 1. The molecule has 7 nitrogen and oxygen atoms in total. The zero-order valence-electron chi connectivity index (χ0n) is 9.46. The van der Waals surface area contributed by atoms with Gasteiger partial charge < -0.3 is 4.90 Å². The smallest absolute Gasteiger partial charge is 0.323 e. The Labute approximate surface area is 92.6 Å². The first-order valence-corrected chi connectivity index (χ1v) is 5.52. The van der Waals surface area contributed by atoms with Crippen LogP contribution in [0.5, 0.6) is 0 Å². The highest BCUT2D eigenvalue weighted by Crippen LogP contribution is 2.32. The second kappa shape index (κ2) is 4.07. The number of hydrogen-bond acceptors (Lipinski definition) is 4. The third-order valence-electron chi connectivity index (χ3n) is 2.71. The molecule has 0 bridgehead atoms. The minimum atomic E-state index is -0.431. The van der Waals surface area contributed by atoms with Crippen molar-refractivity contribution in [3.63, 3.8) is 0 Å². The molecule has 0 unspecified atom stereocenters. The third-order valence-corrected chi connectivity index (χ3v) is 2.71. The first-order chi connectivity index (χ1) is 7.69. The van der Waals surface area contributed by atoms with E-state index < -0.39 is 11.7 Å². The monoisotopic (exact) mass is 225 g/mol. The molecule has 0 atom stereocenters. The predicted octanol–water partition coefficient (Wildman–Crippen LogP) is 0.0846. The lowest BCUT2D eigenvalue weighted by atomic mass is 10.5. The van der Waals surface area contributed by atoms with Crippen molar-refractivity contribution in [1.29, 1.82) is 0 Å². The summed E-state index contributed by atoms with van der Waals surface area (Å²) in [6.45, 7) is 4.83. The van der Waals surface area contributed by atoms with E-state index in [9.17, 15) is 9.59 Å². The molecule has 88 valence electrons. The Bertz CT molecular complexity index is 441. The molecule has 0 aliphatic heterocycles. The standard InChI is InChI=1S/C9H15N5O2/c1-3-12(4-2)8(15)14-9(16)13(10-11-14)7-5-6-7/h7H,3-6H2,1-2H3. The van der Waals surface area contributed by atoms with Crippen LogP contribution in [0.25, 0.3) is 0 Å². The normalized spacial score (nSPS) is 15.1. The number of carbonyl (C=O) groups excluding carboxylic acids is 1. The maximum atomic E-state index is 11.9. The molecule has 0 N–H and O–H groups in total. The lowest BCUT2D eigenvalue weighted by Gasteiger charge is -2.16. The molecule has 0 spiro atoms. The van der Waals surface area contributed by atoms with Crippen LogP contribution in [0.15, 0.2) is 4.79 Å². The van der Waals surface area contributed by atoms with Crippen LogP contribution < -0.4 is 5.69 Å². The zero-order valence-corrected chi connectivity index (χ0v) is 9.46. The van der Waals surface area contributed by atoms with E-state index >= 15 is 0 Å². The summed E-state index contributed by atoms with van der Waals surface area (Å²) in [4.78, 5) is 25.2. The van der Waals surface area contributed by atoms with Gasteiger partial charge in [-0.2, -0.15) is 4.68 Å². The molecule has 1 aliphatic rings. The molecule has 16 heavy (non-hydrogen) atoms. The Hall–Kier alpha value is -1.66. The van der Waals surface area contributed by atoms with E-state index in [0.717, 1.165) is 17.5 Å². The summed E-state index contributed by atoms with van der Waals surface area (Å²) in [6.07, 6.45) is 1.89. The Balaban J connectivity index is 2.26. The summed E-state index contributed by atoms with van der Waals surface area (Å²) in [5.41, 5.74) is -0.431. The summed E-state index contributed by atoms with van der Waals surface area (Å²) in [6, 6.07) is -0.257. The number of nitrogens with zero attached hydrogens (tertiary/aromatic N) is 5. The van der Waals surface area contributed by atoms with Crippen LogP contribution in [0.2, 0.25) is 0 Å². The number of tetrazole rings is 1. The lowest BCUT2D eigenvalue weighted by molar-refractivity contribution is 0.200. The fraction of sp³-hybridized carbons (Fsp3) is 0.778. The van der Waals surface area contributed by atoms with Crippen LogP contribution in [0.4, 0.5) is 4.79 Å². The largest absolute Gasteiger partial charge is 0.372 e. The molecule has 1 aromatic heterocycles. The Morgan fingerprint density at radius 2 is 2.00 bits per heavy atom. The highest BCUT2D eigenvalue weighted by Gasteiger charge is 2.29. The maximum absolute atomic E-state index is 11.9. The highest BCUT2D eigenvalue weighted by molar-refractivity contribution is 5.75. The van der Waals surface area contributed by atoms with Gasteiger partial charge in [0.05, 0.1) is 6.04 Å². The molecule has 2 rings (SSSR count). The summed E-state index contributed by atoms with van der Waals surface area (Å²) < 4.78 is 2.13. The quantitative estimate of drug-likeness (QED) is 0.683. The number of rotatable bonds is 3. The minimum Gasteiger partial charge on any atom is -0.323 e. The average Bonchev–Trinajstić information content (AvgIpc) is 3.04. The second-order valence-corrected chi connectivity index (χ2v) is 3.80. The number of aromatic nitrogens is 4. The van der Waals surface area contributed by atoms with Crippen molar-refractivity contribution >= 4 is 6.03 Å². The summed E-state index contributed by atoms with van der Waals surface area (Å²) in [5, 5.41) is 7.34. The van der Waals surface area contributed by atoms with Crippen molar-refractivity contribution in [3.8, 4) is 0 Å². The van der Waals surface area contributed by atoms with Crippen molar-refractivity contribution in [2.75, 3.05) is 13.1 Å². The van der Waals surface area contributed by atoms with Gasteiger partial charge in [-0.1, -0.05) is 0 Å². The van der Waals surface area contributed by atoms with Gasteiger partial charge in [-0.25, -0.2) is 9.59 Å². The fourth-order valence-corrected chi connectivity index (χ4v) is 1.55. The highest BCUT2D eigenvalue weighted by atomic mass is 16.2. The van der Waals surface area contributed by atoms with Crippen LogP contribution in [-0.4, -0.2) is 43.8 Å². The van der Waals surface area contributed by atoms with E-state index in [4.69, 9.17) is 0 Å². The van der Waals surface area contributed by atoms with E-state index in [2.05, 4.69) is 10.4 Å². The van der Waals surface area contributed by atoms with Gasteiger partial charge >= 0.3 is 11.7 Å². The van der Waals surface area contributed by atoms with Crippen molar-refractivity contribution in [2.24, 2.45) is 0 Å². The summed E-state index contributed by atoms with van der Waals surface area (Å²) in [7, 11) is 0. The maximum Gasteiger partial charge on any atom is 0.372 e. The van der Waals surface area contributed by atoms with Gasteiger partial charge in [0.15, 0.2) is 0 Å². The Morgan fingerprint density at radius 1 is 1.38 bits per heavy atom. The number of hydrogen-bond donors (Lipinski definition) is 0. The van der Waals surface area contributed by atoms with Gasteiger partial charge in [0, 0.05) is 13.1 Å². The molecule has 1 heterocycles. The van der Waals surface area contributed by atoms with Crippen LogP contribution >= 0.6 is 0 Å². The Morgan fingerprint density at radius 3 is 2.50 bits per heavy atom. The van der Waals surface area contributed by atoms with Gasteiger partial charge in [0.1, 0.15) is 0 Å². The second-order valence-electron chi connectivity index (χ2n) is 3.80. The molecule has 1 aliphatic carbocycles. The molecule has 0 radical (unpaired) electrons. The van der Waals surface area contributed by atoms with E-state index in [1.165, 1.54) is 9.58 Å². The van der Waals surface area contributed by atoms with Crippen LogP contribution in [0.3, 0.4) is 0 Å².